The fraction of sp³-hybridized carbons (Fsp3) is 0.353. The van der Waals surface area contributed by atoms with Gasteiger partial charge in [0.15, 0.2) is 5.82 Å². The molecule has 2 heterocycles. The van der Waals surface area contributed by atoms with Crippen molar-refractivity contribution < 1.29 is 22.3 Å². The van der Waals surface area contributed by atoms with E-state index in [0.717, 1.165) is 16.7 Å². The maximum Gasteiger partial charge on any atom is 0.316 e. The summed E-state index contributed by atoms with van der Waals surface area (Å²) in [5.74, 6) is -0.764. The maximum atomic E-state index is 12.8. The molecule has 27 heavy (non-hydrogen) atoms. The highest BCUT2D eigenvalue weighted by Gasteiger charge is 2.29. The summed E-state index contributed by atoms with van der Waals surface area (Å²) in [6, 6.07) is 5.89. The molecule has 8 nitrogen and oxygen atoms in total. The zero-order valence-electron chi connectivity index (χ0n) is 14.9. The first-order valence-corrected chi connectivity index (χ1v) is 9.67. The Morgan fingerprint density at radius 1 is 1.22 bits per heavy atom. The second kappa shape index (κ2) is 7.57. The quantitative estimate of drug-likeness (QED) is 0.756. The Bertz CT molecular complexity index is 917. The Morgan fingerprint density at radius 2 is 1.85 bits per heavy atom. The van der Waals surface area contributed by atoms with Gasteiger partial charge in [-0.15, -0.1) is 0 Å². The standard InChI is InChI=1S/C17H19FN4O4S/c1-21(2)27(24,25)15-5-3-12(4-6-15)16(23)22-8-7-14(11-22)26-17-19-9-13(18)10-20-17/h3-6,9-10,14H,7-8,11H2,1-2H3/t14-/m1/s1. The third kappa shape index (κ3) is 4.22. The van der Waals surface area contributed by atoms with E-state index in [1.807, 2.05) is 0 Å². The van der Waals surface area contributed by atoms with Crippen LogP contribution in [0.4, 0.5) is 4.39 Å². The van der Waals surface area contributed by atoms with Gasteiger partial charge in [0.2, 0.25) is 10.0 Å². The van der Waals surface area contributed by atoms with E-state index in [-0.39, 0.29) is 22.9 Å². The van der Waals surface area contributed by atoms with Crippen LogP contribution in [0.1, 0.15) is 16.8 Å². The minimum Gasteiger partial charge on any atom is -0.458 e. The van der Waals surface area contributed by atoms with Crippen LogP contribution in [-0.4, -0.2) is 66.8 Å². The van der Waals surface area contributed by atoms with Gasteiger partial charge in [0.25, 0.3) is 5.91 Å². The normalized spacial score (nSPS) is 17.3. The third-order valence-electron chi connectivity index (χ3n) is 4.18. The monoisotopic (exact) mass is 394 g/mol. The Hall–Kier alpha value is -2.59. The summed E-state index contributed by atoms with van der Waals surface area (Å²) >= 11 is 0. The van der Waals surface area contributed by atoms with Gasteiger partial charge in [0.05, 0.1) is 23.8 Å². The van der Waals surface area contributed by atoms with Crippen molar-refractivity contribution in [3.05, 3.63) is 48.0 Å². The molecule has 1 aliphatic rings. The molecule has 0 N–H and O–H groups in total. The van der Waals surface area contributed by atoms with Crippen LogP contribution in [0.2, 0.25) is 0 Å². The van der Waals surface area contributed by atoms with Crippen molar-refractivity contribution in [3.8, 4) is 6.01 Å². The molecule has 0 radical (unpaired) electrons. The van der Waals surface area contributed by atoms with E-state index in [1.54, 1.807) is 4.90 Å². The van der Waals surface area contributed by atoms with Gasteiger partial charge < -0.3 is 9.64 Å². The predicted molar refractivity (Wildman–Crippen MR) is 94.2 cm³/mol. The van der Waals surface area contributed by atoms with Crippen LogP contribution in [0.5, 0.6) is 6.01 Å². The fourth-order valence-corrected chi connectivity index (χ4v) is 3.58. The number of ether oxygens (including phenoxy) is 1. The van der Waals surface area contributed by atoms with Crippen LogP contribution in [0, 0.1) is 5.82 Å². The largest absolute Gasteiger partial charge is 0.458 e. The van der Waals surface area contributed by atoms with Gasteiger partial charge in [-0.25, -0.2) is 27.1 Å². The van der Waals surface area contributed by atoms with Crippen molar-refractivity contribution in [1.29, 1.82) is 0 Å². The summed E-state index contributed by atoms with van der Waals surface area (Å²) in [5, 5.41) is 0. The van der Waals surface area contributed by atoms with E-state index in [1.165, 1.54) is 38.4 Å². The van der Waals surface area contributed by atoms with Gasteiger partial charge in [0, 0.05) is 32.6 Å². The van der Waals surface area contributed by atoms with Crippen molar-refractivity contribution in [1.82, 2.24) is 19.2 Å². The number of hydrogen-bond acceptors (Lipinski definition) is 6. The molecular formula is C17H19FN4O4S. The second-order valence-corrected chi connectivity index (χ2v) is 8.43. The van der Waals surface area contributed by atoms with E-state index < -0.39 is 15.8 Å². The molecule has 0 unspecified atom stereocenters. The van der Waals surface area contributed by atoms with Gasteiger partial charge in [-0.2, -0.15) is 0 Å². The number of aromatic nitrogens is 2. The number of halogens is 1. The van der Waals surface area contributed by atoms with E-state index in [2.05, 4.69) is 9.97 Å². The molecular weight excluding hydrogens is 375 g/mol. The lowest BCUT2D eigenvalue weighted by molar-refractivity contribution is 0.0769. The SMILES string of the molecule is CN(C)S(=O)(=O)c1ccc(C(=O)N2CC[C@@H](Oc3ncc(F)cn3)C2)cc1. The van der Waals surface area contributed by atoms with Crippen LogP contribution in [-0.2, 0) is 10.0 Å². The molecule has 0 aliphatic carbocycles. The zero-order chi connectivity index (χ0) is 19.6. The highest BCUT2D eigenvalue weighted by atomic mass is 32.2. The Balaban J connectivity index is 1.64. The molecule has 0 spiro atoms. The Kier molecular flexibility index (Phi) is 5.38. The van der Waals surface area contributed by atoms with E-state index >= 15 is 0 Å². The molecule has 1 aromatic carbocycles. The topological polar surface area (TPSA) is 92.7 Å². The first-order valence-electron chi connectivity index (χ1n) is 8.23. The predicted octanol–water partition coefficient (Wildman–Crippen LogP) is 1.16. The maximum absolute atomic E-state index is 12.8. The van der Waals surface area contributed by atoms with Crippen LogP contribution in [0.25, 0.3) is 0 Å². The molecule has 3 rings (SSSR count). The fourth-order valence-electron chi connectivity index (χ4n) is 2.68. The van der Waals surface area contributed by atoms with Crippen molar-refractivity contribution >= 4 is 15.9 Å². The van der Waals surface area contributed by atoms with E-state index in [4.69, 9.17) is 4.74 Å². The number of carbonyl (C=O) groups excluding carboxylic acids is 1. The van der Waals surface area contributed by atoms with Crippen LogP contribution in [0.15, 0.2) is 41.6 Å². The number of hydrogen-bond donors (Lipinski definition) is 0. The van der Waals surface area contributed by atoms with Crippen molar-refractivity contribution in [3.63, 3.8) is 0 Å². The number of sulfonamides is 1. The van der Waals surface area contributed by atoms with Crippen LogP contribution < -0.4 is 4.74 Å². The van der Waals surface area contributed by atoms with Crippen LogP contribution >= 0.6 is 0 Å². The van der Waals surface area contributed by atoms with Gasteiger partial charge >= 0.3 is 6.01 Å². The Morgan fingerprint density at radius 3 is 2.44 bits per heavy atom. The summed E-state index contributed by atoms with van der Waals surface area (Å²) in [4.78, 5) is 21.8. The smallest absolute Gasteiger partial charge is 0.316 e. The summed E-state index contributed by atoms with van der Waals surface area (Å²) in [6.45, 7) is 0.833. The minimum absolute atomic E-state index is 0.0638. The van der Waals surface area contributed by atoms with E-state index in [0.29, 0.717) is 25.1 Å². The molecule has 1 fully saturated rings. The number of likely N-dealkylation sites (tertiary alicyclic amines) is 1. The number of nitrogens with zero attached hydrogens (tertiary/aromatic N) is 4. The molecule has 1 aromatic heterocycles. The minimum atomic E-state index is -3.54. The highest BCUT2D eigenvalue weighted by molar-refractivity contribution is 7.89. The average molecular weight is 394 g/mol. The van der Waals surface area contributed by atoms with Gasteiger partial charge in [0.1, 0.15) is 6.10 Å². The summed E-state index contributed by atoms with van der Waals surface area (Å²) in [7, 11) is -0.641. The lowest BCUT2D eigenvalue weighted by Gasteiger charge is -2.17. The Labute approximate surface area is 156 Å². The third-order valence-corrected chi connectivity index (χ3v) is 6.01. The van der Waals surface area contributed by atoms with Crippen LogP contribution in [0.3, 0.4) is 0 Å². The highest BCUT2D eigenvalue weighted by Crippen LogP contribution is 2.19. The van der Waals surface area contributed by atoms with Gasteiger partial charge in [-0.1, -0.05) is 0 Å². The van der Waals surface area contributed by atoms with Gasteiger partial charge in [-0.3, -0.25) is 4.79 Å². The molecule has 0 saturated carbocycles. The number of benzene rings is 1. The van der Waals surface area contributed by atoms with E-state index in [9.17, 15) is 17.6 Å². The average Bonchev–Trinajstić information content (AvgIpc) is 3.11. The van der Waals surface area contributed by atoms with Crippen molar-refractivity contribution in [2.75, 3.05) is 27.2 Å². The summed E-state index contributed by atoms with van der Waals surface area (Å²) in [5.41, 5.74) is 0.395. The summed E-state index contributed by atoms with van der Waals surface area (Å²) < 4.78 is 43.7. The first kappa shape index (κ1) is 19.2. The number of amides is 1. The zero-order valence-corrected chi connectivity index (χ0v) is 15.7. The van der Waals surface area contributed by atoms with Gasteiger partial charge in [-0.05, 0) is 24.3 Å². The molecule has 1 atom stereocenters. The molecule has 2 aromatic rings. The molecule has 1 amide bonds. The second-order valence-electron chi connectivity index (χ2n) is 6.28. The lowest BCUT2D eigenvalue weighted by Crippen LogP contribution is -2.31. The van der Waals surface area contributed by atoms with Crippen molar-refractivity contribution in [2.24, 2.45) is 0 Å². The first-order chi connectivity index (χ1) is 12.8. The summed E-state index contributed by atoms with van der Waals surface area (Å²) in [6.07, 6.45) is 2.35. The molecule has 10 heteroatoms. The lowest BCUT2D eigenvalue weighted by atomic mass is 10.2. The molecule has 1 aliphatic heterocycles. The molecule has 1 saturated heterocycles. The molecule has 144 valence electrons. The molecule has 0 bridgehead atoms. The number of carbonyl (C=O) groups is 1. The van der Waals surface area contributed by atoms with Crippen molar-refractivity contribution in [2.45, 2.75) is 17.4 Å². The number of rotatable bonds is 5.